The van der Waals surface area contributed by atoms with Crippen molar-refractivity contribution in [1.29, 1.82) is 0 Å². The molecule has 15 heavy (non-hydrogen) atoms. The zero-order valence-corrected chi connectivity index (χ0v) is 8.94. The summed E-state index contributed by atoms with van der Waals surface area (Å²) in [5.74, 6) is -0.773. The first-order chi connectivity index (χ1) is 7.22. The fourth-order valence-electron chi connectivity index (χ4n) is 1.45. The van der Waals surface area contributed by atoms with Crippen molar-refractivity contribution in [2.75, 3.05) is 7.11 Å². The highest BCUT2D eigenvalue weighted by molar-refractivity contribution is 7.17. The third-order valence-corrected chi connectivity index (χ3v) is 3.21. The van der Waals surface area contributed by atoms with Gasteiger partial charge in [-0.15, -0.1) is 11.3 Å². The number of halogens is 1. The van der Waals surface area contributed by atoms with Crippen LogP contribution in [0.25, 0.3) is 10.1 Å². The van der Waals surface area contributed by atoms with Crippen LogP contribution in [0, 0.1) is 5.82 Å². The van der Waals surface area contributed by atoms with Gasteiger partial charge in [-0.3, -0.25) is 4.79 Å². The van der Waals surface area contributed by atoms with Crippen molar-refractivity contribution < 1.29 is 13.9 Å². The molecule has 0 aliphatic carbocycles. The van der Waals surface area contributed by atoms with E-state index in [1.165, 1.54) is 24.5 Å². The Bertz CT molecular complexity index is 504. The van der Waals surface area contributed by atoms with E-state index in [0.29, 0.717) is 5.56 Å². The van der Waals surface area contributed by atoms with Gasteiger partial charge in [0.25, 0.3) is 0 Å². The third-order valence-electron chi connectivity index (χ3n) is 2.22. The largest absolute Gasteiger partial charge is 0.469 e. The zero-order chi connectivity index (χ0) is 10.8. The average Bonchev–Trinajstić information content (AvgIpc) is 2.70. The number of thiophene rings is 1. The average molecular weight is 224 g/mol. The van der Waals surface area contributed by atoms with E-state index in [1.54, 1.807) is 6.07 Å². The Labute approximate surface area is 90.3 Å². The summed E-state index contributed by atoms with van der Waals surface area (Å²) < 4.78 is 18.8. The molecule has 0 unspecified atom stereocenters. The molecule has 0 atom stereocenters. The number of rotatable bonds is 2. The van der Waals surface area contributed by atoms with E-state index in [9.17, 15) is 9.18 Å². The van der Waals surface area contributed by atoms with Crippen LogP contribution in [0.2, 0.25) is 0 Å². The molecule has 0 saturated carbocycles. The van der Waals surface area contributed by atoms with Crippen molar-refractivity contribution in [2.45, 2.75) is 6.42 Å². The van der Waals surface area contributed by atoms with Crippen LogP contribution in [0.15, 0.2) is 23.6 Å². The van der Waals surface area contributed by atoms with E-state index in [4.69, 9.17) is 0 Å². The molecule has 0 aliphatic heterocycles. The Morgan fingerprint density at radius 2 is 2.27 bits per heavy atom. The lowest BCUT2D eigenvalue weighted by molar-refractivity contribution is -0.139. The summed E-state index contributed by atoms with van der Waals surface area (Å²) in [4.78, 5) is 11.1. The number of esters is 1. The second-order valence-electron chi connectivity index (χ2n) is 3.12. The number of benzene rings is 1. The monoisotopic (exact) mass is 224 g/mol. The predicted molar refractivity (Wildman–Crippen MR) is 57.5 cm³/mol. The maximum absolute atomic E-state index is 13.5. The molecule has 78 valence electrons. The standard InChI is InChI=1S/C11H9FO2S/c1-14-10(13)6-8-9(12)3-2-7-4-5-15-11(7)8/h2-5H,6H2,1H3. The number of carbonyl (C=O) groups excluding carboxylic acids is 1. The van der Waals surface area contributed by atoms with Crippen molar-refractivity contribution in [2.24, 2.45) is 0 Å². The minimum absolute atomic E-state index is 0.0137. The smallest absolute Gasteiger partial charge is 0.310 e. The number of hydrogen-bond donors (Lipinski definition) is 0. The molecule has 4 heteroatoms. The number of ether oxygens (including phenoxy) is 1. The van der Waals surface area contributed by atoms with Crippen LogP contribution < -0.4 is 0 Å². The predicted octanol–water partition coefficient (Wildman–Crippen LogP) is 2.76. The van der Waals surface area contributed by atoms with Crippen LogP contribution in [0.4, 0.5) is 4.39 Å². The number of methoxy groups -OCH3 is 1. The van der Waals surface area contributed by atoms with Gasteiger partial charge in [-0.05, 0) is 22.9 Å². The summed E-state index contributed by atoms with van der Waals surface area (Å²) in [6.07, 6.45) is -0.0137. The first-order valence-corrected chi connectivity index (χ1v) is 5.31. The first kappa shape index (κ1) is 10.1. The quantitative estimate of drug-likeness (QED) is 0.733. The van der Waals surface area contributed by atoms with E-state index >= 15 is 0 Å². The Balaban J connectivity index is 2.51. The summed E-state index contributed by atoms with van der Waals surface area (Å²) in [5, 5.41) is 2.84. The number of carbonyl (C=O) groups is 1. The SMILES string of the molecule is COC(=O)Cc1c(F)ccc2ccsc12. The highest BCUT2D eigenvalue weighted by Gasteiger charge is 2.12. The van der Waals surface area contributed by atoms with Crippen molar-refractivity contribution in [3.8, 4) is 0 Å². The van der Waals surface area contributed by atoms with Gasteiger partial charge in [0.05, 0.1) is 13.5 Å². The molecule has 0 saturated heterocycles. The minimum Gasteiger partial charge on any atom is -0.469 e. The molecular weight excluding hydrogens is 215 g/mol. The van der Waals surface area contributed by atoms with E-state index in [2.05, 4.69) is 4.74 Å². The van der Waals surface area contributed by atoms with Gasteiger partial charge in [-0.2, -0.15) is 0 Å². The van der Waals surface area contributed by atoms with Gasteiger partial charge in [0.1, 0.15) is 5.82 Å². The fraction of sp³-hybridized carbons (Fsp3) is 0.182. The normalized spacial score (nSPS) is 10.5. The Morgan fingerprint density at radius 1 is 1.47 bits per heavy atom. The highest BCUT2D eigenvalue weighted by Crippen LogP contribution is 2.27. The van der Waals surface area contributed by atoms with Gasteiger partial charge in [0, 0.05) is 10.3 Å². The molecule has 0 aliphatic rings. The molecule has 2 aromatic rings. The molecule has 0 amide bonds. The van der Waals surface area contributed by atoms with Crippen LogP contribution in [-0.2, 0) is 16.0 Å². The van der Waals surface area contributed by atoms with E-state index in [0.717, 1.165) is 10.1 Å². The first-order valence-electron chi connectivity index (χ1n) is 4.44. The summed E-state index contributed by atoms with van der Waals surface area (Å²) in [5.41, 5.74) is 0.425. The molecule has 0 spiro atoms. The molecule has 0 bridgehead atoms. The Morgan fingerprint density at radius 3 is 3.00 bits per heavy atom. The Hall–Kier alpha value is -1.42. The lowest BCUT2D eigenvalue weighted by Crippen LogP contribution is -2.06. The number of fused-ring (bicyclic) bond motifs is 1. The highest BCUT2D eigenvalue weighted by atomic mass is 32.1. The summed E-state index contributed by atoms with van der Waals surface area (Å²) in [6, 6.07) is 5.00. The van der Waals surface area contributed by atoms with E-state index in [-0.39, 0.29) is 12.2 Å². The van der Waals surface area contributed by atoms with Crippen LogP contribution in [-0.4, -0.2) is 13.1 Å². The Kier molecular flexibility index (Phi) is 2.68. The van der Waals surface area contributed by atoms with Gasteiger partial charge >= 0.3 is 5.97 Å². The summed E-state index contributed by atoms with van der Waals surface area (Å²) in [7, 11) is 1.30. The lowest BCUT2D eigenvalue weighted by atomic mass is 10.1. The maximum atomic E-state index is 13.5. The van der Waals surface area contributed by atoms with E-state index in [1.807, 2.05) is 11.4 Å². The van der Waals surface area contributed by atoms with Crippen LogP contribution in [0.3, 0.4) is 0 Å². The van der Waals surface area contributed by atoms with Gasteiger partial charge in [-0.1, -0.05) is 6.07 Å². The molecule has 2 nitrogen and oxygen atoms in total. The summed E-state index contributed by atoms with van der Waals surface area (Å²) >= 11 is 1.43. The lowest BCUT2D eigenvalue weighted by Gasteiger charge is -2.03. The van der Waals surface area contributed by atoms with Gasteiger partial charge in [0.2, 0.25) is 0 Å². The molecule has 0 N–H and O–H groups in total. The van der Waals surface area contributed by atoms with Gasteiger partial charge in [0.15, 0.2) is 0 Å². The van der Waals surface area contributed by atoms with Crippen molar-refractivity contribution in [3.05, 3.63) is 35.0 Å². The minimum atomic E-state index is -0.421. The molecule has 0 radical (unpaired) electrons. The second kappa shape index (κ2) is 3.98. The van der Waals surface area contributed by atoms with Gasteiger partial charge in [-0.25, -0.2) is 4.39 Å². The topological polar surface area (TPSA) is 26.3 Å². The molecule has 0 fully saturated rings. The van der Waals surface area contributed by atoms with Crippen LogP contribution in [0.5, 0.6) is 0 Å². The zero-order valence-electron chi connectivity index (χ0n) is 8.12. The molecule has 1 aromatic carbocycles. The molecular formula is C11H9FO2S. The van der Waals surface area contributed by atoms with Crippen molar-refractivity contribution >= 4 is 27.4 Å². The fourth-order valence-corrected chi connectivity index (χ4v) is 2.38. The van der Waals surface area contributed by atoms with Crippen molar-refractivity contribution in [1.82, 2.24) is 0 Å². The second-order valence-corrected chi connectivity index (χ2v) is 4.03. The maximum Gasteiger partial charge on any atom is 0.310 e. The van der Waals surface area contributed by atoms with Crippen LogP contribution in [0.1, 0.15) is 5.56 Å². The molecule has 1 aromatic heterocycles. The summed E-state index contributed by atoms with van der Waals surface area (Å²) in [6.45, 7) is 0. The van der Waals surface area contributed by atoms with E-state index < -0.39 is 5.97 Å². The van der Waals surface area contributed by atoms with Gasteiger partial charge < -0.3 is 4.74 Å². The molecule has 2 rings (SSSR count). The third kappa shape index (κ3) is 1.85. The van der Waals surface area contributed by atoms with Crippen LogP contribution >= 0.6 is 11.3 Å². The van der Waals surface area contributed by atoms with Crippen molar-refractivity contribution in [3.63, 3.8) is 0 Å². The molecule has 1 heterocycles. The number of hydrogen-bond acceptors (Lipinski definition) is 3.